The van der Waals surface area contributed by atoms with Gasteiger partial charge in [-0.15, -0.1) is 10.2 Å². The summed E-state index contributed by atoms with van der Waals surface area (Å²) < 4.78 is 0. The third-order valence-electron chi connectivity index (χ3n) is 2.77. The molecular weight excluding hydrogens is 310 g/mol. The van der Waals surface area contributed by atoms with Crippen molar-refractivity contribution in [2.24, 2.45) is 0 Å². The second kappa shape index (κ2) is 6.85. The molecule has 0 atom stereocenters. The topological polar surface area (TPSA) is 51.8 Å². The first-order valence-corrected chi connectivity index (χ1v) is 7.93. The van der Waals surface area contributed by atoms with Gasteiger partial charge >= 0.3 is 0 Å². The first-order chi connectivity index (χ1) is 8.78. The lowest BCUT2D eigenvalue weighted by Crippen LogP contribution is -1.89. The highest BCUT2D eigenvalue weighted by Crippen LogP contribution is 2.15. The van der Waals surface area contributed by atoms with Crippen LogP contribution in [-0.4, -0.2) is 10.2 Å². The lowest BCUT2D eigenvalue weighted by atomic mass is 10.1. The molecule has 0 radical (unpaired) electrons. The minimum Gasteiger partial charge on any atom is -0.374 e. The molecule has 96 valence electrons. The van der Waals surface area contributed by atoms with Crippen molar-refractivity contribution in [3.05, 3.63) is 40.4 Å². The monoisotopic (exact) mass is 325 g/mol. The summed E-state index contributed by atoms with van der Waals surface area (Å²) in [6, 6.07) is 8.77. The van der Waals surface area contributed by atoms with Crippen LogP contribution in [0.3, 0.4) is 0 Å². The van der Waals surface area contributed by atoms with Gasteiger partial charge in [0.05, 0.1) is 0 Å². The number of rotatable bonds is 6. The Balaban J connectivity index is 1.71. The maximum Gasteiger partial charge on any atom is 0.203 e. The van der Waals surface area contributed by atoms with Crippen LogP contribution in [0.1, 0.15) is 29.0 Å². The number of anilines is 1. The van der Waals surface area contributed by atoms with E-state index in [2.05, 4.69) is 50.4 Å². The predicted molar refractivity (Wildman–Crippen MR) is 80.0 cm³/mol. The summed E-state index contributed by atoms with van der Waals surface area (Å²) in [7, 11) is 0. The number of hydrogen-bond donors (Lipinski definition) is 1. The van der Waals surface area contributed by atoms with Crippen molar-refractivity contribution >= 4 is 32.4 Å². The fourth-order valence-electron chi connectivity index (χ4n) is 1.77. The van der Waals surface area contributed by atoms with Crippen LogP contribution in [0.2, 0.25) is 0 Å². The molecule has 0 aliphatic heterocycles. The maximum atomic E-state index is 5.54. The number of alkyl halides is 1. The van der Waals surface area contributed by atoms with Crippen LogP contribution >= 0.6 is 27.3 Å². The van der Waals surface area contributed by atoms with Crippen LogP contribution in [-0.2, 0) is 18.2 Å². The van der Waals surface area contributed by atoms with Gasteiger partial charge in [0.1, 0.15) is 5.01 Å². The molecule has 0 unspecified atom stereocenters. The van der Waals surface area contributed by atoms with Crippen LogP contribution in [0.5, 0.6) is 0 Å². The minimum atomic E-state index is 0.565. The molecule has 18 heavy (non-hydrogen) atoms. The average Bonchev–Trinajstić information content (AvgIpc) is 2.81. The Bertz CT molecular complexity index is 481. The first kappa shape index (κ1) is 13.5. The van der Waals surface area contributed by atoms with Gasteiger partial charge in [-0.05, 0) is 30.4 Å². The average molecular weight is 326 g/mol. The number of aromatic nitrogens is 2. The molecule has 0 bridgehead atoms. The highest BCUT2D eigenvalue weighted by atomic mass is 79.9. The molecule has 1 aromatic heterocycles. The largest absolute Gasteiger partial charge is 0.374 e. The van der Waals surface area contributed by atoms with Crippen LogP contribution < -0.4 is 5.73 Å². The van der Waals surface area contributed by atoms with Crippen molar-refractivity contribution in [1.29, 1.82) is 0 Å². The zero-order chi connectivity index (χ0) is 12.8. The summed E-state index contributed by atoms with van der Waals surface area (Å²) in [4.78, 5) is 0. The van der Waals surface area contributed by atoms with E-state index in [4.69, 9.17) is 5.73 Å². The highest BCUT2D eigenvalue weighted by molar-refractivity contribution is 9.08. The van der Waals surface area contributed by atoms with Crippen molar-refractivity contribution < 1.29 is 0 Å². The van der Waals surface area contributed by atoms with Crippen LogP contribution in [0.25, 0.3) is 0 Å². The van der Waals surface area contributed by atoms with E-state index in [1.807, 2.05) is 0 Å². The smallest absolute Gasteiger partial charge is 0.203 e. The summed E-state index contributed by atoms with van der Waals surface area (Å²) >= 11 is 4.94. The molecule has 0 amide bonds. The summed E-state index contributed by atoms with van der Waals surface area (Å²) in [5.41, 5.74) is 8.26. The zero-order valence-electron chi connectivity index (χ0n) is 10.1. The third-order valence-corrected chi connectivity index (χ3v) is 4.23. The molecule has 0 aliphatic rings. The maximum absolute atomic E-state index is 5.54. The number of halogens is 1. The number of aryl methyl sites for hydroxylation is 2. The Morgan fingerprint density at radius 2 is 1.67 bits per heavy atom. The molecule has 2 aromatic rings. The Morgan fingerprint density at radius 1 is 1.00 bits per heavy atom. The van der Waals surface area contributed by atoms with Gasteiger partial charge in [-0.25, -0.2) is 0 Å². The van der Waals surface area contributed by atoms with Gasteiger partial charge < -0.3 is 5.73 Å². The second-order valence-corrected chi connectivity index (χ2v) is 5.85. The van der Waals surface area contributed by atoms with E-state index in [-0.39, 0.29) is 0 Å². The SMILES string of the molecule is Nc1nnc(CCCCc2ccc(CBr)cc2)s1. The summed E-state index contributed by atoms with van der Waals surface area (Å²) in [5.74, 6) is 0. The normalized spacial score (nSPS) is 10.7. The lowest BCUT2D eigenvalue weighted by Gasteiger charge is -2.02. The van der Waals surface area contributed by atoms with Gasteiger partial charge in [-0.1, -0.05) is 51.5 Å². The Hall–Kier alpha value is -0.940. The van der Waals surface area contributed by atoms with E-state index >= 15 is 0 Å². The van der Waals surface area contributed by atoms with Gasteiger partial charge in [0.15, 0.2) is 0 Å². The molecule has 1 aromatic carbocycles. The molecule has 0 saturated carbocycles. The highest BCUT2D eigenvalue weighted by Gasteiger charge is 2.01. The van der Waals surface area contributed by atoms with Crippen LogP contribution in [0.15, 0.2) is 24.3 Å². The Kier molecular flexibility index (Phi) is 5.13. The van der Waals surface area contributed by atoms with Crippen LogP contribution in [0.4, 0.5) is 5.13 Å². The van der Waals surface area contributed by atoms with E-state index in [1.165, 1.54) is 28.9 Å². The molecule has 5 heteroatoms. The van der Waals surface area contributed by atoms with Gasteiger partial charge in [0.2, 0.25) is 5.13 Å². The quantitative estimate of drug-likeness (QED) is 0.652. The molecule has 0 aliphatic carbocycles. The number of benzene rings is 1. The minimum absolute atomic E-state index is 0.565. The van der Waals surface area contributed by atoms with Crippen molar-refractivity contribution in [3.63, 3.8) is 0 Å². The number of nitrogens with zero attached hydrogens (tertiary/aromatic N) is 2. The van der Waals surface area contributed by atoms with Gasteiger partial charge in [0, 0.05) is 11.8 Å². The molecule has 2 N–H and O–H groups in total. The molecule has 0 saturated heterocycles. The van der Waals surface area contributed by atoms with Gasteiger partial charge in [0.25, 0.3) is 0 Å². The number of nitrogens with two attached hydrogens (primary N) is 1. The molecule has 1 heterocycles. The Labute approximate surface area is 120 Å². The van der Waals surface area contributed by atoms with Crippen LogP contribution in [0, 0.1) is 0 Å². The van der Waals surface area contributed by atoms with Gasteiger partial charge in [-0.2, -0.15) is 0 Å². The molecule has 0 spiro atoms. The van der Waals surface area contributed by atoms with E-state index in [0.717, 1.165) is 29.6 Å². The number of unbranched alkanes of at least 4 members (excludes halogenated alkanes) is 1. The Morgan fingerprint density at radius 3 is 2.28 bits per heavy atom. The van der Waals surface area contributed by atoms with Gasteiger partial charge in [-0.3, -0.25) is 0 Å². The van der Waals surface area contributed by atoms with Crippen molar-refractivity contribution in [2.75, 3.05) is 5.73 Å². The fourth-order valence-corrected chi connectivity index (χ4v) is 2.79. The molecule has 2 rings (SSSR count). The molecule has 0 fully saturated rings. The number of hydrogen-bond acceptors (Lipinski definition) is 4. The predicted octanol–water partition coefficient (Wildman–Crippen LogP) is 3.58. The van der Waals surface area contributed by atoms with Crippen molar-refractivity contribution in [2.45, 2.75) is 31.0 Å². The van der Waals surface area contributed by atoms with Crippen molar-refractivity contribution in [1.82, 2.24) is 10.2 Å². The number of nitrogen functional groups attached to an aromatic ring is 1. The summed E-state index contributed by atoms with van der Waals surface area (Å²) in [6.45, 7) is 0. The van der Waals surface area contributed by atoms with E-state index in [9.17, 15) is 0 Å². The lowest BCUT2D eigenvalue weighted by molar-refractivity contribution is 0.726. The van der Waals surface area contributed by atoms with E-state index in [1.54, 1.807) is 0 Å². The second-order valence-electron chi connectivity index (χ2n) is 4.19. The van der Waals surface area contributed by atoms with E-state index < -0.39 is 0 Å². The molecular formula is C13H16BrN3S. The van der Waals surface area contributed by atoms with Crippen molar-refractivity contribution in [3.8, 4) is 0 Å². The summed E-state index contributed by atoms with van der Waals surface area (Å²) in [6.07, 6.45) is 4.41. The third kappa shape index (κ3) is 4.07. The zero-order valence-corrected chi connectivity index (χ0v) is 12.5. The molecule has 3 nitrogen and oxygen atoms in total. The first-order valence-electron chi connectivity index (χ1n) is 5.99. The standard InChI is InChI=1S/C13H16BrN3S/c14-9-11-7-5-10(6-8-11)3-1-2-4-12-16-17-13(15)18-12/h5-8H,1-4,9H2,(H2,15,17). The summed E-state index contributed by atoms with van der Waals surface area (Å²) in [5, 5.41) is 10.4. The fraction of sp³-hybridized carbons (Fsp3) is 0.385. The van der Waals surface area contributed by atoms with E-state index in [0.29, 0.717) is 5.13 Å².